The van der Waals surface area contributed by atoms with E-state index < -0.39 is 0 Å². The van der Waals surface area contributed by atoms with Crippen LogP contribution in [0.2, 0.25) is 0 Å². The summed E-state index contributed by atoms with van der Waals surface area (Å²) < 4.78 is 5.25. The first-order valence-electron chi connectivity index (χ1n) is 32.6. The first kappa shape index (κ1) is 57.3. The summed E-state index contributed by atoms with van der Waals surface area (Å²) in [6.07, 6.45) is 0. The van der Waals surface area contributed by atoms with Gasteiger partial charge in [-0.2, -0.15) is 0 Å². The van der Waals surface area contributed by atoms with Crippen molar-refractivity contribution >= 4 is 105 Å². The van der Waals surface area contributed by atoms with Crippen molar-refractivity contribution in [2.45, 2.75) is 131 Å². The van der Waals surface area contributed by atoms with Gasteiger partial charge in [0.1, 0.15) is 0 Å². The Hall–Kier alpha value is -9.12. The molecule has 0 bridgehead atoms. The minimum absolute atomic E-state index is 0.0240. The van der Waals surface area contributed by atoms with E-state index in [2.05, 4.69) is 342 Å². The third-order valence-corrected chi connectivity index (χ3v) is 19.9. The lowest BCUT2D eigenvalue weighted by Crippen LogP contribution is -2.60. The van der Waals surface area contributed by atoms with E-state index >= 15 is 0 Å². The number of benzene rings is 11. The zero-order valence-electron chi connectivity index (χ0n) is 55.3. The van der Waals surface area contributed by atoms with Gasteiger partial charge in [-0.15, -0.1) is 0 Å². The summed E-state index contributed by atoms with van der Waals surface area (Å²) in [7, 11) is 0. The number of nitrogens with zero attached hydrogens (tertiary/aromatic N) is 3. The third kappa shape index (κ3) is 9.21. The Labute approximate surface area is 533 Å². The maximum Gasteiger partial charge on any atom is 0.252 e. The molecule has 0 amide bonds. The van der Waals surface area contributed by atoms with Gasteiger partial charge in [-0.1, -0.05) is 262 Å². The molecule has 0 fully saturated rings. The Morgan fingerprint density at radius 2 is 0.744 bits per heavy atom. The fourth-order valence-corrected chi connectivity index (χ4v) is 14.8. The standard InChI is InChI=1S/C86H82BN3/c1-82(2,3)56-34-41-74(68(49-56)53-25-17-16-18-26-53)89-77-40-33-54(55-45-59(85(10,11)12)48-60(46-55)86(13,14)15)47-72(77)87-71-39-37-61(88-75-42-35-57(83(4,5)6)50-69(75)70-51-58(84(7,8)9)36-43-76(70)88)52-79(71)90-73-32-24-23-31-66(73)64-29-21-19-27-62(64)63-28-20-22-30-65(63)67-38-44-78(89)80(87)81(67)90/h16-52H,1-15H3. The largest absolute Gasteiger partial charge is 0.311 e. The molecule has 0 atom stereocenters. The molecule has 0 N–H and O–H groups in total. The van der Waals surface area contributed by atoms with E-state index in [1.165, 1.54) is 143 Å². The quantitative estimate of drug-likeness (QED) is 0.160. The number of hydrogen-bond acceptors (Lipinski definition) is 1. The van der Waals surface area contributed by atoms with Gasteiger partial charge in [0, 0.05) is 49.9 Å². The fraction of sp³-hybridized carbons (Fsp3) is 0.233. The van der Waals surface area contributed by atoms with Crippen molar-refractivity contribution in [1.82, 2.24) is 9.13 Å². The Kier molecular flexibility index (Phi) is 12.9. The number of fused-ring (bicyclic) bond motifs is 15. The molecule has 444 valence electrons. The number of anilines is 3. The van der Waals surface area contributed by atoms with Gasteiger partial charge in [-0.3, -0.25) is 0 Å². The number of rotatable bonds is 4. The number of hydrogen-bond donors (Lipinski definition) is 0. The molecule has 0 spiro atoms. The van der Waals surface area contributed by atoms with Gasteiger partial charge in [-0.25, -0.2) is 0 Å². The Morgan fingerprint density at radius 1 is 0.267 bits per heavy atom. The van der Waals surface area contributed by atoms with Gasteiger partial charge >= 0.3 is 0 Å². The second-order valence-electron chi connectivity index (χ2n) is 31.1. The molecule has 2 aliphatic heterocycles. The molecule has 3 nitrogen and oxygen atoms in total. The van der Waals surface area contributed by atoms with E-state index in [9.17, 15) is 0 Å². The molecule has 0 unspecified atom stereocenters. The van der Waals surface area contributed by atoms with Crippen molar-refractivity contribution in [3.8, 4) is 33.6 Å². The summed E-state index contributed by atoms with van der Waals surface area (Å²) in [5, 5.41) is 9.83. The molecule has 0 aliphatic carbocycles. The van der Waals surface area contributed by atoms with Crippen molar-refractivity contribution in [2.24, 2.45) is 0 Å². The van der Waals surface area contributed by atoms with E-state index in [0.29, 0.717) is 0 Å². The summed E-state index contributed by atoms with van der Waals surface area (Å²) in [6.45, 7) is 34.9. The Balaban J connectivity index is 1.14. The molecular formula is C86H82BN3. The van der Waals surface area contributed by atoms with Crippen LogP contribution in [0.3, 0.4) is 0 Å². The highest BCUT2D eigenvalue weighted by molar-refractivity contribution is 7.00. The van der Waals surface area contributed by atoms with Crippen LogP contribution in [0.4, 0.5) is 17.1 Å². The fourth-order valence-electron chi connectivity index (χ4n) is 14.8. The lowest BCUT2D eigenvalue weighted by molar-refractivity contribution is 0.569. The van der Waals surface area contributed by atoms with Crippen LogP contribution in [0, 0.1) is 0 Å². The summed E-state index contributed by atoms with van der Waals surface area (Å²) in [5.41, 5.74) is 25.7. The lowest BCUT2D eigenvalue weighted by atomic mass is 9.33. The first-order valence-corrected chi connectivity index (χ1v) is 32.6. The Bertz CT molecular complexity index is 5100. The van der Waals surface area contributed by atoms with Crippen LogP contribution in [-0.4, -0.2) is 15.8 Å². The predicted molar refractivity (Wildman–Crippen MR) is 391 cm³/mol. The van der Waals surface area contributed by atoms with Crippen LogP contribution in [0.5, 0.6) is 0 Å². The van der Waals surface area contributed by atoms with Crippen LogP contribution >= 0.6 is 0 Å². The van der Waals surface area contributed by atoms with E-state index in [-0.39, 0.29) is 33.8 Å². The molecule has 13 aromatic rings. The summed E-state index contributed by atoms with van der Waals surface area (Å²) in [6, 6.07) is 87.5. The average Bonchev–Trinajstić information content (AvgIpc) is 0.872. The van der Waals surface area contributed by atoms with Crippen molar-refractivity contribution in [3.05, 3.63) is 252 Å². The lowest BCUT2D eigenvalue weighted by Gasteiger charge is -2.41. The molecule has 4 heterocycles. The molecule has 0 saturated heterocycles. The maximum absolute atomic E-state index is 2.69. The summed E-state index contributed by atoms with van der Waals surface area (Å²) in [4.78, 5) is 2.64. The van der Waals surface area contributed by atoms with E-state index in [1.54, 1.807) is 0 Å². The minimum atomic E-state index is -0.173. The molecule has 2 aromatic heterocycles. The summed E-state index contributed by atoms with van der Waals surface area (Å²) in [5.74, 6) is 0. The molecule has 0 radical (unpaired) electrons. The van der Waals surface area contributed by atoms with Gasteiger partial charge in [0.25, 0.3) is 6.71 Å². The van der Waals surface area contributed by atoms with Gasteiger partial charge in [0.05, 0.1) is 27.8 Å². The SMILES string of the molecule is CC(C)(C)c1cc(-c2ccc3c(c2)B2c4ccc(-n5c6ccc(C(C)(C)C)cc6c6cc(C(C)(C)C)ccc65)cc4-n4c5ccccc5c5ccccc5c5ccccc5c5ccc(c2c54)N3c2ccc(C(C)(C)C)cc2-c2ccccc2)cc(C(C)(C)C)c1. The van der Waals surface area contributed by atoms with Gasteiger partial charge in [-0.05, 0) is 176 Å². The molecule has 2 aliphatic rings. The van der Waals surface area contributed by atoms with Gasteiger partial charge in [0.15, 0.2) is 0 Å². The van der Waals surface area contributed by atoms with Crippen molar-refractivity contribution in [1.29, 1.82) is 0 Å². The predicted octanol–water partition coefficient (Wildman–Crippen LogP) is 21.7. The molecular weight excluding hydrogens is 1090 g/mol. The van der Waals surface area contributed by atoms with Crippen molar-refractivity contribution in [2.75, 3.05) is 4.90 Å². The van der Waals surface area contributed by atoms with Gasteiger partial charge < -0.3 is 14.0 Å². The highest BCUT2D eigenvalue weighted by atomic mass is 15.2. The van der Waals surface area contributed by atoms with Crippen LogP contribution < -0.4 is 21.3 Å². The molecule has 0 saturated carbocycles. The highest BCUT2D eigenvalue weighted by Gasteiger charge is 2.43. The molecule has 4 heteroatoms. The topological polar surface area (TPSA) is 13.1 Å². The van der Waals surface area contributed by atoms with Crippen molar-refractivity contribution in [3.63, 3.8) is 0 Å². The number of aromatic nitrogens is 2. The molecule has 90 heavy (non-hydrogen) atoms. The van der Waals surface area contributed by atoms with Gasteiger partial charge in [0.2, 0.25) is 0 Å². The third-order valence-electron chi connectivity index (χ3n) is 19.9. The normalized spacial score (nSPS) is 13.5. The molecule has 11 aromatic carbocycles. The van der Waals surface area contributed by atoms with Crippen molar-refractivity contribution < 1.29 is 0 Å². The van der Waals surface area contributed by atoms with Crippen LogP contribution in [-0.2, 0) is 27.1 Å². The monoisotopic (exact) mass is 1170 g/mol. The van der Waals surface area contributed by atoms with E-state index in [0.717, 1.165) is 16.9 Å². The first-order chi connectivity index (χ1) is 42.8. The maximum atomic E-state index is 2.69. The second kappa shape index (κ2) is 20.2. The smallest absolute Gasteiger partial charge is 0.252 e. The van der Waals surface area contributed by atoms with Crippen LogP contribution in [0.25, 0.3) is 98.8 Å². The van der Waals surface area contributed by atoms with E-state index in [1.807, 2.05) is 0 Å². The second-order valence-corrected chi connectivity index (χ2v) is 31.1. The minimum Gasteiger partial charge on any atom is -0.311 e. The summed E-state index contributed by atoms with van der Waals surface area (Å²) >= 11 is 0. The van der Waals surface area contributed by atoms with Crippen LogP contribution in [0.1, 0.15) is 132 Å². The van der Waals surface area contributed by atoms with E-state index in [4.69, 9.17) is 0 Å². The highest BCUT2D eigenvalue weighted by Crippen LogP contribution is 2.48. The average molecular weight is 1170 g/mol. The van der Waals surface area contributed by atoms with Crippen LogP contribution in [0.15, 0.2) is 224 Å². The zero-order chi connectivity index (χ0) is 62.7. The Morgan fingerprint density at radius 3 is 1.32 bits per heavy atom. The number of para-hydroxylation sites is 1. The zero-order valence-corrected chi connectivity index (χ0v) is 55.3. The molecule has 15 rings (SSSR count).